The van der Waals surface area contributed by atoms with Gasteiger partial charge in [-0.2, -0.15) is 18.2 Å². The van der Waals surface area contributed by atoms with Gasteiger partial charge in [0.2, 0.25) is 5.95 Å². The molecule has 2 rings (SSSR count). The van der Waals surface area contributed by atoms with Crippen molar-refractivity contribution in [2.24, 2.45) is 5.84 Å². The van der Waals surface area contributed by atoms with Crippen molar-refractivity contribution in [1.82, 2.24) is 9.97 Å². The highest BCUT2D eigenvalue weighted by Crippen LogP contribution is 2.34. The predicted molar refractivity (Wildman–Crippen MR) is 65.3 cm³/mol. The molecule has 1 aromatic rings. The molecule has 0 aliphatic heterocycles. The number of nitrogens with two attached hydrogens (primary N) is 1. The molecule has 0 spiro atoms. The Morgan fingerprint density at radius 3 is 2.42 bits per heavy atom. The van der Waals surface area contributed by atoms with E-state index >= 15 is 0 Å². The summed E-state index contributed by atoms with van der Waals surface area (Å²) in [6.45, 7) is 1.98. The third-order valence-corrected chi connectivity index (χ3v) is 3.28. The van der Waals surface area contributed by atoms with Crippen LogP contribution in [-0.2, 0) is 6.18 Å². The van der Waals surface area contributed by atoms with E-state index in [0.29, 0.717) is 0 Å². The molecule has 0 aromatic carbocycles. The number of alkyl halides is 3. The van der Waals surface area contributed by atoms with Gasteiger partial charge in [0.25, 0.3) is 0 Å². The van der Waals surface area contributed by atoms with Gasteiger partial charge in [-0.1, -0.05) is 12.8 Å². The van der Waals surface area contributed by atoms with E-state index in [1.54, 1.807) is 0 Å². The molecule has 19 heavy (non-hydrogen) atoms. The van der Waals surface area contributed by atoms with Crippen LogP contribution in [0.25, 0.3) is 0 Å². The number of hydrogen-bond donors (Lipinski definition) is 3. The lowest BCUT2D eigenvalue weighted by Gasteiger charge is -2.26. The Bertz CT molecular complexity index is 454. The summed E-state index contributed by atoms with van der Waals surface area (Å²) in [5.74, 6) is 4.99. The Morgan fingerprint density at radius 1 is 1.26 bits per heavy atom. The van der Waals surface area contributed by atoms with Crippen LogP contribution < -0.4 is 16.6 Å². The highest BCUT2D eigenvalue weighted by atomic mass is 19.4. The average Bonchev–Trinajstić information content (AvgIpc) is 2.74. The Kier molecular flexibility index (Phi) is 3.53. The van der Waals surface area contributed by atoms with Crippen molar-refractivity contribution >= 4 is 11.8 Å². The molecule has 0 radical (unpaired) electrons. The molecule has 1 fully saturated rings. The molecule has 106 valence electrons. The Balaban J connectivity index is 2.29. The number of anilines is 2. The predicted octanol–water partition coefficient (Wildman–Crippen LogP) is 2.53. The summed E-state index contributed by atoms with van der Waals surface area (Å²) in [6, 6.07) is 0.907. The van der Waals surface area contributed by atoms with Gasteiger partial charge in [-0.25, -0.2) is 10.8 Å². The molecule has 1 aliphatic carbocycles. The molecule has 0 bridgehead atoms. The summed E-state index contributed by atoms with van der Waals surface area (Å²) in [5.41, 5.74) is 0.822. The van der Waals surface area contributed by atoms with Gasteiger partial charge in [0, 0.05) is 11.6 Å². The smallest absolute Gasteiger partial charge is 0.365 e. The fourth-order valence-electron chi connectivity index (χ4n) is 2.31. The van der Waals surface area contributed by atoms with Gasteiger partial charge in [-0.05, 0) is 19.8 Å². The number of halogens is 3. The SMILES string of the molecule is CC1(Nc2cc(C(F)(F)F)nc(NN)n2)CCCC1. The van der Waals surface area contributed by atoms with Crippen molar-refractivity contribution in [1.29, 1.82) is 0 Å². The molecule has 1 saturated carbocycles. The van der Waals surface area contributed by atoms with Gasteiger partial charge >= 0.3 is 6.18 Å². The average molecular weight is 275 g/mol. The highest BCUT2D eigenvalue weighted by Gasteiger charge is 2.35. The van der Waals surface area contributed by atoms with Crippen LogP contribution >= 0.6 is 0 Å². The second-order valence-electron chi connectivity index (χ2n) is 5.00. The standard InChI is InChI=1S/C11H16F3N5/c1-10(4-2-3-5-10)18-8-6-7(11(12,13)14)16-9(17-8)19-15/h6H,2-5,15H2,1H3,(H2,16,17,18,19). The highest BCUT2D eigenvalue weighted by molar-refractivity contribution is 5.44. The first-order chi connectivity index (χ1) is 8.82. The largest absolute Gasteiger partial charge is 0.433 e. The van der Waals surface area contributed by atoms with Crippen LogP contribution in [0, 0.1) is 0 Å². The molecule has 1 heterocycles. The first-order valence-electron chi connectivity index (χ1n) is 6.03. The summed E-state index contributed by atoms with van der Waals surface area (Å²) in [4.78, 5) is 7.22. The summed E-state index contributed by atoms with van der Waals surface area (Å²) in [6.07, 6.45) is -0.597. The van der Waals surface area contributed by atoms with Crippen LogP contribution in [0.1, 0.15) is 38.3 Å². The van der Waals surface area contributed by atoms with Crippen molar-refractivity contribution in [2.75, 3.05) is 10.7 Å². The molecular formula is C11H16F3N5. The minimum atomic E-state index is -4.53. The van der Waals surface area contributed by atoms with Gasteiger partial charge in [0.05, 0.1) is 0 Å². The molecule has 0 atom stereocenters. The van der Waals surface area contributed by atoms with Crippen LogP contribution in [0.5, 0.6) is 0 Å². The van der Waals surface area contributed by atoms with Gasteiger partial charge in [-0.3, -0.25) is 5.43 Å². The minimum Gasteiger partial charge on any atom is -0.365 e. The second kappa shape index (κ2) is 4.84. The number of nitrogens with zero attached hydrogens (tertiary/aromatic N) is 2. The molecular weight excluding hydrogens is 259 g/mol. The van der Waals surface area contributed by atoms with Crippen LogP contribution in [0.3, 0.4) is 0 Å². The first-order valence-corrected chi connectivity index (χ1v) is 6.03. The third kappa shape index (κ3) is 3.25. The van der Waals surface area contributed by atoms with Crippen molar-refractivity contribution < 1.29 is 13.2 Å². The zero-order valence-corrected chi connectivity index (χ0v) is 10.5. The third-order valence-electron chi connectivity index (χ3n) is 3.28. The van der Waals surface area contributed by atoms with E-state index < -0.39 is 11.9 Å². The molecule has 1 aromatic heterocycles. The maximum absolute atomic E-state index is 12.7. The molecule has 5 nitrogen and oxygen atoms in total. The van der Waals surface area contributed by atoms with Crippen molar-refractivity contribution in [3.63, 3.8) is 0 Å². The zero-order valence-electron chi connectivity index (χ0n) is 10.5. The van der Waals surface area contributed by atoms with Crippen molar-refractivity contribution in [3.05, 3.63) is 11.8 Å². The zero-order chi connectivity index (χ0) is 14.1. The van der Waals surface area contributed by atoms with Gasteiger partial charge < -0.3 is 5.32 Å². The van der Waals surface area contributed by atoms with E-state index in [2.05, 4.69) is 20.7 Å². The van der Waals surface area contributed by atoms with Gasteiger partial charge in [0.15, 0.2) is 5.69 Å². The van der Waals surface area contributed by atoms with E-state index in [1.165, 1.54) is 0 Å². The fourth-order valence-corrected chi connectivity index (χ4v) is 2.31. The van der Waals surface area contributed by atoms with Crippen LogP contribution in [0.2, 0.25) is 0 Å². The number of rotatable bonds is 3. The van der Waals surface area contributed by atoms with E-state index in [-0.39, 0.29) is 17.3 Å². The van der Waals surface area contributed by atoms with Crippen molar-refractivity contribution in [2.45, 2.75) is 44.3 Å². The van der Waals surface area contributed by atoms with Crippen LogP contribution in [0.4, 0.5) is 24.9 Å². The molecule has 4 N–H and O–H groups in total. The summed E-state index contributed by atoms with van der Waals surface area (Å²) in [5, 5.41) is 3.06. The number of hydrogen-bond acceptors (Lipinski definition) is 5. The topological polar surface area (TPSA) is 75.9 Å². The van der Waals surface area contributed by atoms with Crippen molar-refractivity contribution in [3.8, 4) is 0 Å². The van der Waals surface area contributed by atoms with Crippen LogP contribution in [0.15, 0.2) is 6.07 Å². The molecule has 0 saturated heterocycles. The Labute approximate surface area is 108 Å². The molecule has 1 aliphatic rings. The summed E-state index contributed by atoms with van der Waals surface area (Å²) in [7, 11) is 0. The lowest BCUT2D eigenvalue weighted by atomic mass is 10.0. The summed E-state index contributed by atoms with van der Waals surface area (Å²) >= 11 is 0. The Morgan fingerprint density at radius 2 is 1.89 bits per heavy atom. The summed E-state index contributed by atoms with van der Waals surface area (Å²) < 4.78 is 38.1. The number of aromatic nitrogens is 2. The maximum atomic E-state index is 12.7. The maximum Gasteiger partial charge on any atom is 0.433 e. The van der Waals surface area contributed by atoms with Gasteiger partial charge in [-0.15, -0.1) is 0 Å². The number of nitrogen functional groups attached to an aromatic ring is 1. The van der Waals surface area contributed by atoms with E-state index in [9.17, 15) is 13.2 Å². The monoisotopic (exact) mass is 275 g/mol. The number of nitrogens with one attached hydrogen (secondary N) is 2. The van der Waals surface area contributed by atoms with E-state index in [0.717, 1.165) is 31.7 Å². The normalized spacial score (nSPS) is 18.4. The molecule has 0 unspecified atom stereocenters. The lowest BCUT2D eigenvalue weighted by molar-refractivity contribution is -0.141. The van der Waals surface area contributed by atoms with Gasteiger partial charge in [0.1, 0.15) is 5.82 Å². The van der Waals surface area contributed by atoms with Crippen LogP contribution in [-0.4, -0.2) is 15.5 Å². The first kappa shape index (κ1) is 13.9. The molecule has 0 amide bonds. The minimum absolute atomic E-state index is 0.139. The quantitative estimate of drug-likeness (QED) is 0.584. The fraction of sp³-hybridized carbons (Fsp3) is 0.636. The van der Waals surface area contributed by atoms with E-state index in [1.807, 2.05) is 6.92 Å². The van der Waals surface area contributed by atoms with E-state index in [4.69, 9.17) is 5.84 Å². The lowest BCUT2D eigenvalue weighted by Crippen LogP contribution is -2.31. The number of hydrazine groups is 1. The Hall–Kier alpha value is -1.57. The second-order valence-corrected chi connectivity index (χ2v) is 5.00. The molecule has 8 heteroatoms.